The predicted octanol–water partition coefficient (Wildman–Crippen LogP) is 3.89. The number of hydrogen-bond donors (Lipinski definition) is 0. The number of aryl methyl sites for hydroxylation is 1. The van der Waals surface area contributed by atoms with E-state index in [4.69, 9.17) is 0 Å². The second-order valence-corrected chi connectivity index (χ2v) is 3.75. The Bertz CT molecular complexity index is 333. The van der Waals surface area contributed by atoms with Gasteiger partial charge in [0.2, 0.25) is 0 Å². The zero-order valence-electron chi connectivity index (χ0n) is 11.8. The van der Waals surface area contributed by atoms with E-state index in [0.717, 1.165) is 30.6 Å². The predicted molar refractivity (Wildman–Crippen MR) is 74.4 cm³/mol. The highest BCUT2D eigenvalue weighted by Crippen LogP contribution is 2.08. The van der Waals surface area contributed by atoms with E-state index in [-0.39, 0.29) is 5.91 Å². The fourth-order valence-electron chi connectivity index (χ4n) is 1.63. The minimum atomic E-state index is 0.142. The van der Waals surface area contributed by atoms with Gasteiger partial charge in [0.25, 0.3) is 5.91 Å². The van der Waals surface area contributed by atoms with Gasteiger partial charge in [-0.15, -0.1) is 0 Å². The maximum atomic E-state index is 12.0. The van der Waals surface area contributed by atoms with Gasteiger partial charge in [-0.1, -0.05) is 38.5 Å². The lowest BCUT2D eigenvalue weighted by molar-refractivity contribution is 0.0764. The summed E-state index contributed by atoms with van der Waals surface area (Å²) < 4.78 is 0. The van der Waals surface area contributed by atoms with E-state index in [1.807, 2.05) is 56.9 Å². The smallest absolute Gasteiger partial charge is 0.253 e. The number of nitrogens with zero attached hydrogens (tertiary/aromatic N) is 1. The first-order chi connectivity index (χ1) is 8.19. The van der Waals surface area contributed by atoms with Crippen LogP contribution in [0.3, 0.4) is 0 Å². The zero-order valence-corrected chi connectivity index (χ0v) is 11.8. The Labute approximate surface area is 106 Å². The summed E-state index contributed by atoms with van der Waals surface area (Å²) in [6, 6.07) is 7.77. The first-order valence-corrected chi connectivity index (χ1v) is 6.55. The minimum absolute atomic E-state index is 0.142. The molecule has 0 saturated carbocycles. The van der Waals surface area contributed by atoms with E-state index >= 15 is 0 Å². The van der Waals surface area contributed by atoms with Crippen LogP contribution in [0.25, 0.3) is 0 Å². The third kappa shape index (κ3) is 5.03. The molecule has 0 aromatic heterocycles. The van der Waals surface area contributed by atoms with Gasteiger partial charge in [0, 0.05) is 18.7 Å². The molecular weight excluding hydrogens is 210 g/mol. The first-order valence-electron chi connectivity index (χ1n) is 6.55. The summed E-state index contributed by atoms with van der Waals surface area (Å²) in [7, 11) is 0. The van der Waals surface area contributed by atoms with Gasteiger partial charge in [-0.05, 0) is 32.4 Å². The van der Waals surface area contributed by atoms with Crippen molar-refractivity contribution in [2.75, 3.05) is 13.1 Å². The Morgan fingerprint density at radius 2 is 1.88 bits per heavy atom. The Morgan fingerprint density at radius 3 is 2.35 bits per heavy atom. The van der Waals surface area contributed by atoms with Crippen LogP contribution in [-0.4, -0.2) is 23.9 Å². The normalized spacial score (nSPS) is 9.24. The van der Waals surface area contributed by atoms with Crippen molar-refractivity contribution in [2.45, 2.75) is 41.0 Å². The van der Waals surface area contributed by atoms with E-state index in [0.29, 0.717) is 0 Å². The second-order valence-electron chi connectivity index (χ2n) is 3.75. The van der Waals surface area contributed by atoms with Crippen LogP contribution in [0, 0.1) is 6.92 Å². The average Bonchev–Trinajstić information content (AvgIpc) is 2.37. The molecule has 1 aromatic rings. The summed E-state index contributed by atoms with van der Waals surface area (Å²) in [6.45, 7) is 11.7. The quantitative estimate of drug-likeness (QED) is 0.775. The van der Waals surface area contributed by atoms with Crippen LogP contribution < -0.4 is 0 Å². The summed E-state index contributed by atoms with van der Waals surface area (Å²) in [6.07, 6.45) is 1.01. The molecule has 0 atom stereocenters. The van der Waals surface area contributed by atoms with Gasteiger partial charge >= 0.3 is 0 Å². The third-order valence-corrected chi connectivity index (χ3v) is 2.43. The van der Waals surface area contributed by atoms with Crippen molar-refractivity contribution in [1.29, 1.82) is 0 Å². The molecule has 1 aromatic carbocycles. The summed E-state index contributed by atoms with van der Waals surface area (Å²) in [5.41, 5.74) is 1.93. The molecule has 2 nitrogen and oxygen atoms in total. The van der Waals surface area contributed by atoms with Crippen LogP contribution in [0.15, 0.2) is 24.3 Å². The lowest BCUT2D eigenvalue weighted by Crippen LogP contribution is -2.31. The van der Waals surface area contributed by atoms with E-state index in [9.17, 15) is 4.79 Å². The van der Waals surface area contributed by atoms with E-state index < -0.39 is 0 Å². The SMILES string of the molecule is CC.CCCN(CC)C(=O)c1cccc(C)c1. The van der Waals surface area contributed by atoms with Crippen molar-refractivity contribution < 1.29 is 4.79 Å². The Morgan fingerprint density at radius 1 is 1.24 bits per heavy atom. The van der Waals surface area contributed by atoms with Crippen molar-refractivity contribution in [1.82, 2.24) is 4.90 Å². The lowest BCUT2D eigenvalue weighted by atomic mass is 10.1. The number of hydrogen-bond acceptors (Lipinski definition) is 1. The molecule has 0 aliphatic carbocycles. The molecule has 0 aliphatic heterocycles. The Kier molecular flexibility index (Phi) is 8.12. The molecule has 2 heteroatoms. The average molecular weight is 235 g/mol. The molecule has 1 rings (SSSR count). The number of benzene rings is 1. The molecule has 0 heterocycles. The Hall–Kier alpha value is -1.31. The molecule has 17 heavy (non-hydrogen) atoms. The standard InChI is InChI=1S/C13H19NO.C2H6/c1-4-9-14(5-2)13(15)12-8-6-7-11(3)10-12;1-2/h6-8,10H,4-5,9H2,1-3H3;1-2H3. The maximum Gasteiger partial charge on any atom is 0.253 e. The Balaban J connectivity index is 0.00000121. The van der Waals surface area contributed by atoms with E-state index in [2.05, 4.69) is 6.92 Å². The molecule has 0 aliphatic rings. The highest BCUT2D eigenvalue weighted by atomic mass is 16.2. The van der Waals surface area contributed by atoms with Crippen molar-refractivity contribution in [3.63, 3.8) is 0 Å². The summed E-state index contributed by atoms with van der Waals surface area (Å²) >= 11 is 0. The summed E-state index contributed by atoms with van der Waals surface area (Å²) in [4.78, 5) is 13.9. The molecular formula is C15H25NO. The van der Waals surface area contributed by atoms with Crippen LogP contribution in [0.1, 0.15) is 50.0 Å². The van der Waals surface area contributed by atoms with Crippen molar-refractivity contribution in [3.8, 4) is 0 Å². The van der Waals surface area contributed by atoms with E-state index in [1.165, 1.54) is 0 Å². The fourth-order valence-corrected chi connectivity index (χ4v) is 1.63. The summed E-state index contributed by atoms with van der Waals surface area (Å²) in [5, 5.41) is 0. The molecule has 96 valence electrons. The fraction of sp³-hybridized carbons (Fsp3) is 0.533. The molecule has 0 fully saturated rings. The molecule has 0 bridgehead atoms. The molecule has 0 saturated heterocycles. The van der Waals surface area contributed by atoms with Gasteiger partial charge in [0.05, 0.1) is 0 Å². The van der Waals surface area contributed by atoms with Crippen molar-refractivity contribution in [2.24, 2.45) is 0 Å². The largest absolute Gasteiger partial charge is 0.339 e. The monoisotopic (exact) mass is 235 g/mol. The molecule has 0 N–H and O–H groups in total. The topological polar surface area (TPSA) is 20.3 Å². The van der Waals surface area contributed by atoms with Gasteiger partial charge in [0.15, 0.2) is 0 Å². The van der Waals surface area contributed by atoms with Crippen molar-refractivity contribution in [3.05, 3.63) is 35.4 Å². The van der Waals surface area contributed by atoms with E-state index in [1.54, 1.807) is 0 Å². The maximum absolute atomic E-state index is 12.0. The van der Waals surface area contributed by atoms with Crippen LogP contribution in [0.2, 0.25) is 0 Å². The van der Waals surface area contributed by atoms with Crippen LogP contribution >= 0.6 is 0 Å². The second kappa shape index (κ2) is 8.80. The van der Waals surface area contributed by atoms with Gasteiger partial charge in [0.1, 0.15) is 0 Å². The van der Waals surface area contributed by atoms with Crippen LogP contribution in [-0.2, 0) is 0 Å². The third-order valence-electron chi connectivity index (χ3n) is 2.43. The minimum Gasteiger partial charge on any atom is -0.339 e. The first kappa shape index (κ1) is 15.7. The van der Waals surface area contributed by atoms with Gasteiger partial charge < -0.3 is 4.90 Å². The zero-order chi connectivity index (χ0) is 13.3. The van der Waals surface area contributed by atoms with Gasteiger partial charge in [-0.3, -0.25) is 4.79 Å². The molecule has 1 amide bonds. The lowest BCUT2D eigenvalue weighted by Gasteiger charge is -2.20. The number of rotatable bonds is 4. The molecule has 0 spiro atoms. The van der Waals surface area contributed by atoms with Crippen LogP contribution in [0.5, 0.6) is 0 Å². The highest BCUT2D eigenvalue weighted by molar-refractivity contribution is 5.94. The molecule has 0 unspecified atom stereocenters. The number of carbonyl (C=O) groups is 1. The van der Waals surface area contributed by atoms with Crippen molar-refractivity contribution >= 4 is 5.91 Å². The number of amides is 1. The highest BCUT2D eigenvalue weighted by Gasteiger charge is 2.12. The van der Waals surface area contributed by atoms with Gasteiger partial charge in [-0.25, -0.2) is 0 Å². The molecule has 0 radical (unpaired) electrons. The van der Waals surface area contributed by atoms with Gasteiger partial charge in [-0.2, -0.15) is 0 Å². The summed E-state index contributed by atoms with van der Waals surface area (Å²) in [5.74, 6) is 0.142. The van der Waals surface area contributed by atoms with Crippen LogP contribution in [0.4, 0.5) is 0 Å². The number of carbonyl (C=O) groups excluding carboxylic acids is 1.